The van der Waals surface area contributed by atoms with E-state index in [9.17, 15) is 0 Å². The van der Waals surface area contributed by atoms with Crippen molar-refractivity contribution >= 4 is 0 Å². The van der Waals surface area contributed by atoms with E-state index in [4.69, 9.17) is 14.2 Å². The van der Waals surface area contributed by atoms with Crippen molar-refractivity contribution in [2.45, 2.75) is 0 Å². The quantitative estimate of drug-likeness (QED) is 0.604. The number of hydrogen-bond donors (Lipinski definition) is 1. The Labute approximate surface area is 30.8 Å². The van der Waals surface area contributed by atoms with Crippen LogP contribution in [0.5, 0.6) is 0 Å². The topological polar surface area (TPSA) is 71.4 Å². The SMILES string of the molecule is [O]=[186Re](=[O])(=[O])[OH]. The standard InChI is InChI=1S/H2O.3O.Re/h1H2;;;;/q;;;;+1/p-1/i;;;;1+0. The molecule has 0 aliphatic carbocycles. The summed E-state index contributed by atoms with van der Waals surface area (Å²) in [4.78, 5) is 0. The van der Waals surface area contributed by atoms with Gasteiger partial charge in [-0.25, -0.2) is 0 Å². The summed E-state index contributed by atoms with van der Waals surface area (Å²) >= 11 is -5.86. The van der Waals surface area contributed by atoms with Gasteiger partial charge in [-0.15, -0.1) is 0 Å². The molecule has 0 atom stereocenters. The zero-order valence-electron chi connectivity index (χ0n) is 2.05. The molecule has 0 bridgehead atoms. The van der Waals surface area contributed by atoms with Crippen LogP contribution in [-0.2, 0) is 26.2 Å². The summed E-state index contributed by atoms with van der Waals surface area (Å²) in [6.07, 6.45) is 0. The van der Waals surface area contributed by atoms with E-state index < -0.39 is 15.8 Å². The monoisotopic (exact) mass is 251 g/mol. The first-order chi connectivity index (χ1) is 2.00. The predicted molar refractivity (Wildman–Crippen MR) is 4.28 cm³/mol. The van der Waals surface area contributed by atoms with Crippen LogP contribution < -0.4 is 0 Å². The van der Waals surface area contributed by atoms with E-state index in [1.807, 2.05) is 0 Å². The first-order valence-electron chi connectivity index (χ1n) is 0.632. The third-order valence-electron chi connectivity index (χ3n) is 0. The van der Waals surface area contributed by atoms with Crippen molar-refractivity contribution in [1.29, 1.82) is 0 Å². The molecule has 0 aromatic rings. The minimum atomic E-state index is -5.86. The summed E-state index contributed by atoms with van der Waals surface area (Å²) in [5.41, 5.74) is 0. The maximum absolute atomic E-state index is 8.75. The normalized spacial score (nSPS) is 11.4. The van der Waals surface area contributed by atoms with E-state index in [1.54, 1.807) is 0 Å². The Kier molecular flexibility index (Phi) is 1.02. The van der Waals surface area contributed by atoms with Gasteiger partial charge in [0.05, 0.1) is 0 Å². The summed E-state index contributed by atoms with van der Waals surface area (Å²) < 4.78 is 33.3. The second-order valence-corrected chi connectivity index (χ2v) is 3.24. The first kappa shape index (κ1) is 5.02. The molecule has 32 valence electrons. The summed E-state index contributed by atoms with van der Waals surface area (Å²) in [6.45, 7) is 0. The van der Waals surface area contributed by atoms with E-state index in [1.165, 1.54) is 0 Å². The van der Waals surface area contributed by atoms with E-state index in [-0.39, 0.29) is 0 Å². The average Bonchev–Trinajstić information content (AvgIpc) is 0.722. The Balaban J connectivity index is 4.87. The Morgan fingerprint density at radius 3 is 1.20 bits per heavy atom. The van der Waals surface area contributed by atoms with Gasteiger partial charge < -0.3 is 0 Å². The summed E-state index contributed by atoms with van der Waals surface area (Å²) in [7, 11) is 0. The average molecular weight is 251 g/mol. The van der Waals surface area contributed by atoms with Gasteiger partial charge in [0.25, 0.3) is 0 Å². The number of rotatable bonds is 0. The van der Waals surface area contributed by atoms with Crippen molar-refractivity contribution in [3.8, 4) is 0 Å². The molecule has 0 aliphatic heterocycles. The molecule has 0 heterocycles. The second kappa shape index (κ2) is 1.01. The first-order valence-corrected chi connectivity index (χ1v) is 5.17. The molecule has 0 rings (SSSR count). The van der Waals surface area contributed by atoms with Crippen LogP contribution in [0.15, 0.2) is 0 Å². The number of hydrogen-bond acceptors (Lipinski definition) is 3. The van der Waals surface area contributed by atoms with Crippen molar-refractivity contribution in [3.05, 3.63) is 0 Å². The van der Waals surface area contributed by atoms with Gasteiger partial charge in [-0.2, -0.15) is 0 Å². The molecule has 0 saturated carbocycles. The maximum atomic E-state index is 8.75. The molecule has 0 fully saturated rings. The third-order valence-corrected chi connectivity index (χ3v) is 0. The van der Waals surface area contributed by atoms with E-state index in [2.05, 4.69) is 0 Å². The zero-order chi connectivity index (χ0) is 4.50. The molecule has 0 spiro atoms. The molecule has 1 N–H and O–H groups in total. The van der Waals surface area contributed by atoms with E-state index in [0.29, 0.717) is 0 Å². The zero-order valence-corrected chi connectivity index (χ0v) is 4.77. The minimum absolute atomic E-state index is 5.86. The van der Waals surface area contributed by atoms with Crippen molar-refractivity contribution < 1.29 is 30.0 Å². The fourth-order valence-electron chi connectivity index (χ4n) is 0. The molecule has 0 aromatic carbocycles. The molecule has 4 nitrogen and oxygen atoms in total. The van der Waals surface area contributed by atoms with Crippen LogP contribution in [0.4, 0.5) is 0 Å². The second-order valence-electron chi connectivity index (χ2n) is 0.396. The van der Waals surface area contributed by atoms with Gasteiger partial charge >= 0.3 is 30.0 Å². The molecule has 5 heavy (non-hydrogen) atoms. The molecule has 0 unspecified atom stereocenters. The molecule has 5 heteroatoms. The van der Waals surface area contributed by atoms with Gasteiger partial charge in [0.2, 0.25) is 0 Å². The van der Waals surface area contributed by atoms with E-state index in [0.717, 1.165) is 0 Å². The predicted octanol–water partition coefficient (Wildman–Crippen LogP) is -0.916. The molecule has 0 radical (unpaired) electrons. The summed E-state index contributed by atoms with van der Waals surface area (Å²) in [5, 5.41) is 0. The van der Waals surface area contributed by atoms with Crippen molar-refractivity contribution in [1.82, 2.24) is 0 Å². The van der Waals surface area contributed by atoms with Crippen molar-refractivity contribution in [3.63, 3.8) is 0 Å². The van der Waals surface area contributed by atoms with Crippen molar-refractivity contribution in [2.24, 2.45) is 0 Å². The van der Waals surface area contributed by atoms with Crippen LogP contribution >= 0.6 is 0 Å². The Hall–Kier alpha value is 0.0223. The molecule has 0 amide bonds. The molecule has 0 aromatic heterocycles. The van der Waals surface area contributed by atoms with Gasteiger partial charge in [0.15, 0.2) is 0 Å². The fourth-order valence-corrected chi connectivity index (χ4v) is 0. The third kappa shape index (κ3) is 33000. The Morgan fingerprint density at radius 2 is 1.20 bits per heavy atom. The summed E-state index contributed by atoms with van der Waals surface area (Å²) in [6, 6.07) is 0. The van der Waals surface area contributed by atoms with Crippen molar-refractivity contribution in [2.75, 3.05) is 0 Å². The van der Waals surface area contributed by atoms with Crippen LogP contribution in [0, 0.1) is 0 Å². The van der Waals surface area contributed by atoms with Crippen LogP contribution in [-0.4, -0.2) is 3.83 Å². The molecular formula is HO4Re. The Morgan fingerprint density at radius 1 is 1.20 bits per heavy atom. The molecular weight excluding hydrogens is 250 g/mol. The van der Waals surface area contributed by atoms with Crippen LogP contribution in [0.3, 0.4) is 0 Å². The summed E-state index contributed by atoms with van der Waals surface area (Å²) in [5.74, 6) is 0. The Bertz CT molecular complexity index is 125. The van der Waals surface area contributed by atoms with Gasteiger partial charge in [-0.1, -0.05) is 0 Å². The van der Waals surface area contributed by atoms with Gasteiger partial charge in [-0.3, -0.25) is 0 Å². The fraction of sp³-hybridized carbons (Fsp3) is 0. The van der Waals surface area contributed by atoms with Crippen LogP contribution in [0.25, 0.3) is 0 Å². The van der Waals surface area contributed by atoms with Gasteiger partial charge in [-0.05, 0) is 0 Å². The molecule has 0 aliphatic rings. The molecule has 0 saturated heterocycles. The van der Waals surface area contributed by atoms with Gasteiger partial charge in [0.1, 0.15) is 0 Å². The van der Waals surface area contributed by atoms with Crippen LogP contribution in [0.1, 0.15) is 0 Å². The van der Waals surface area contributed by atoms with E-state index >= 15 is 0 Å². The van der Waals surface area contributed by atoms with Gasteiger partial charge in [0, 0.05) is 0 Å². The van der Waals surface area contributed by atoms with Crippen LogP contribution in [0.2, 0.25) is 0 Å².